The lowest BCUT2D eigenvalue weighted by molar-refractivity contribution is -0.127. The standard InChI is InChI=1S/C21H25N5O4.C12H23N5O2.C11H21N3O.C10H7NO2.CH6N2/c1-3-15(13-27)23-19(28)17-9-6-12-26(17)21(30)25(2)24-20(29)18-16-8-5-4-7-14(16)10-11-22-18;1-4-9(8-14-2)15-11(18)10-6-5-7-17(10)12(19)16(3)13;1-4-9(8-12-2)13-11(15)10-6-5-7-14(10)3;12-10(13)9-8-4-2-1-3-7(8)5-6-11-9;1-3-2/h4-5,7-8,10-11,13,15,17H,3,6,9,12H2,1-2H3,(H,23,28)(H,24,29);8-10H,4-7,13H2,1-3H3,(H,15,18);8-10H,4-7H2,1-3H3,(H,13,15);1-6H,(H,12,13);3H,2H2,1H3/t15-,17-;2*9-,10-;;/m000../s1. The fourth-order valence-electron chi connectivity index (χ4n) is 8.94. The molecule has 0 saturated carbocycles. The summed E-state index contributed by atoms with van der Waals surface area (Å²) in [6.45, 7) is 7.79. The van der Waals surface area contributed by atoms with Crippen molar-refractivity contribution < 1.29 is 43.5 Å². The Balaban J connectivity index is 0.000000291. The average molecular weight is 1110 g/mol. The van der Waals surface area contributed by atoms with Crippen molar-refractivity contribution in [3.63, 3.8) is 0 Å². The number of nitrogens with one attached hydrogen (secondary N) is 5. The fraction of sp³-hybridized carbons (Fsp3) is 0.491. The molecule has 25 heteroatoms. The molecule has 7 rings (SSSR count). The zero-order valence-electron chi connectivity index (χ0n) is 47.5. The van der Waals surface area contributed by atoms with Gasteiger partial charge in [-0.25, -0.2) is 30.2 Å². The number of aromatic carboxylic acids is 1. The van der Waals surface area contributed by atoms with E-state index in [9.17, 15) is 38.4 Å². The van der Waals surface area contributed by atoms with Crippen LogP contribution in [-0.2, 0) is 19.2 Å². The molecule has 0 unspecified atom stereocenters. The SMILES string of the molecule is CC[C@@H](C=NC)NC(=O)[C@@H]1CCCN1C.CC[C@@H](C=NC)NC(=O)[C@@H]1CCCN1C(=O)N(C)N.CC[C@@H](C=O)NC(=O)[C@@H]1CCCN1C(=O)N(C)NC(=O)c1nccc2ccccc12.CNN.O=C(O)c1nccc2ccccc12. The van der Waals surface area contributed by atoms with Gasteiger partial charge in [-0.2, -0.15) is 0 Å². The molecule has 25 nitrogen and oxygen atoms in total. The lowest BCUT2D eigenvalue weighted by atomic mass is 10.1. The van der Waals surface area contributed by atoms with Crippen LogP contribution in [0.3, 0.4) is 0 Å². The van der Waals surface area contributed by atoms with E-state index in [1.54, 1.807) is 70.8 Å². The van der Waals surface area contributed by atoms with Crippen LogP contribution in [0.25, 0.3) is 21.5 Å². The van der Waals surface area contributed by atoms with E-state index in [2.05, 4.69) is 57.5 Å². The highest BCUT2D eigenvalue weighted by atomic mass is 16.4. The largest absolute Gasteiger partial charge is 0.476 e. The molecular formula is C55H82N16O9. The lowest BCUT2D eigenvalue weighted by Gasteiger charge is -2.29. The smallest absolute Gasteiger partial charge is 0.355 e. The molecule has 6 atom stereocenters. The maximum atomic E-state index is 12.9. The number of carboxylic acid groups (broad SMARTS) is 1. The number of carbonyl (C=O) groups excluding carboxylic acids is 7. The first-order valence-electron chi connectivity index (χ1n) is 26.7. The van der Waals surface area contributed by atoms with Gasteiger partial charge in [0.15, 0.2) is 5.69 Å². The van der Waals surface area contributed by atoms with Gasteiger partial charge in [0.2, 0.25) is 17.7 Å². The van der Waals surface area contributed by atoms with Crippen LogP contribution in [0, 0.1) is 0 Å². The molecule has 4 aromatic rings. The average Bonchev–Trinajstić information content (AvgIpc) is 4.27. The van der Waals surface area contributed by atoms with Gasteiger partial charge in [-0.15, -0.1) is 0 Å². The maximum absolute atomic E-state index is 12.9. The number of aliphatic imine (C=N–C) groups is 2. The number of hydrogen-bond acceptors (Lipinski definition) is 16. The molecule has 0 spiro atoms. The number of likely N-dealkylation sites (N-methyl/N-ethyl adjacent to an activating group) is 1. The van der Waals surface area contributed by atoms with Crippen molar-refractivity contribution >= 4 is 81.9 Å². The zero-order chi connectivity index (χ0) is 59.3. The van der Waals surface area contributed by atoms with Gasteiger partial charge in [0.1, 0.15) is 24.1 Å². The number of aromatic nitrogens is 2. The number of carboxylic acids is 1. The van der Waals surface area contributed by atoms with Crippen molar-refractivity contribution in [2.75, 3.05) is 61.9 Å². The van der Waals surface area contributed by atoms with Gasteiger partial charge in [0.05, 0.1) is 24.2 Å². The number of benzene rings is 2. The van der Waals surface area contributed by atoms with E-state index in [1.165, 1.54) is 36.3 Å². The number of urea groups is 2. The first-order chi connectivity index (χ1) is 38.3. The topological polar surface area (TPSA) is 336 Å². The Morgan fingerprint density at radius 2 is 1.09 bits per heavy atom. The molecule has 8 amide bonds. The third-order valence-corrected chi connectivity index (χ3v) is 13.2. The normalized spacial score (nSPS) is 17.7. The first-order valence-corrected chi connectivity index (χ1v) is 26.7. The summed E-state index contributed by atoms with van der Waals surface area (Å²) >= 11 is 0. The van der Waals surface area contributed by atoms with Gasteiger partial charge >= 0.3 is 18.0 Å². The second kappa shape index (κ2) is 34.8. The van der Waals surface area contributed by atoms with Crippen LogP contribution >= 0.6 is 0 Å². The van der Waals surface area contributed by atoms with Crippen LogP contribution < -0.4 is 38.5 Å². The van der Waals surface area contributed by atoms with Crippen molar-refractivity contribution in [2.24, 2.45) is 21.7 Å². The van der Waals surface area contributed by atoms with E-state index in [1.807, 2.05) is 51.2 Å². The number of rotatable bonds is 14. The third kappa shape index (κ3) is 19.7. The Morgan fingerprint density at radius 1 is 0.675 bits per heavy atom. The van der Waals surface area contributed by atoms with Crippen LogP contribution in [0.1, 0.15) is 99.5 Å². The number of fused-ring (bicyclic) bond motifs is 2. The minimum Gasteiger partial charge on any atom is -0.476 e. The highest BCUT2D eigenvalue weighted by Crippen LogP contribution is 2.22. The van der Waals surface area contributed by atoms with Gasteiger partial charge in [0, 0.05) is 76.9 Å². The minimum absolute atomic E-state index is 0.0595. The molecule has 0 bridgehead atoms. The number of nitrogens with zero attached hydrogens (tertiary/aromatic N) is 9. The van der Waals surface area contributed by atoms with Gasteiger partial charge in [-0.3, -0.25) is 60.8 Å². The lowest BCUT2D eigenvalue weighted by Crippen LogP contribution is -2.55. The Labute approximate surface area is 468 Å². The summed E-state index contributed by atoms with van der Waals surface area (Å²) in [7, 11) is 9.97. The van der Waals surface area contributed by atoms with Crippen LogP contribution in [0.15, 0.2) is 83.0 Å². The number of hydrogen-bond donors (Lipinski definition) is 8. The van der Waals surface area contributed by atoms with E-state index < -0.39 is 36.0 Å². The predicted molar refractivity (Wildman–Crippen MR) is 308 cm³/mol. The Morgan fingerprint density at radius 3 is 1.51 bits per heavy atom. The summed E-state index contributed by atoms with van der Waals surface area (Å²) in [5.74, 6) is 8.17. The van der Waals surface area contributed by atoms with Gasteiger partial charge in [0.25, 0.3) is 5.91 Å². The van der Waals surface area contributed by atoms with E-state index in [0.717, 1.165) is 59.4 Å². The number of nitrogens with two attached hydrogens (primary N) is 2. The van der Waals surface area contributed by atoms with E-state index >= 15 is 0 Å². The summed E-state index contributed by atoms with van der Waals surface area (Å²) < 4.78 is 0. The Kier molecular flexibility index (Phi) is 28.8. The minimum atomic E-state index is -0.989. The summed E-state index contributed by atoms with van der Waals surface area (Å²) in [6.07, 6.45) is 14.1. The van der Waals surface area contributed by atoms with Gasteiger partial charge in [-0.1, -0.05) is 69.3 Å². The van der Waals surface area contributed by atoms with E-state index in [4.69, 9.17) is 10.9 Å². The van der Waals surface area contributed by atoms with Crippen LogP contribution in [0.4, 0.5) is 9.59 Å². The zero-order valence-corrected chi connectivity index (χ0v) is 47.5. The highest BCUT2D eigenvalue weighted by Gasteiger charge is 2.38. The number of pyridine rings is 2. The van der Waals surface area contributed by atoms with Crippen molar-refractivity contribution in [3.8, 4) is 0 Å². The van der Waals surface area contributed by atoms with Crippen LogP contribution in [0.2, 0.25) is 0 Å². The monoisotopic (exact) mass is 1110 g/mol. The van der Waals surface area contributed by atoms with Crippen LogP contribution in [-0.4, -0.2) is 198 Å². The maximum Gasteiger partial charge on any atom is 0.355 e. The van der Waals surface area contributed by atoms with Crippen molar-refractivity contribution in [2.45, 2.75) is 115 Å². The second-order valence-corrected chi connectivity index (χ2v) is 18.9. The Hall–Kier alpha value is -8.00. The number of carbonyl (C=O) groups is 8. The molecule has 3 aliphatic heterocycles. The van der Waals surface area contributed by atoms with E-state index in [0.29, 0.717) is 55.8 Å². The summed E-state index contributed by atoms with van der Waals surface area (Å²) in [5.41, 5.74) is 5.11. The molecule has 2 aromatic carbocycles. The molecule has 436 valence electrons. The quantitative estimate of drug-likeness (QED) is 0.0296. The van der Waals surface area contributed by atoms with E-state index in [-0.39, 0.29) is 53.3 Å². The molecular weight excluding hydrogens is 1030 g/mol. The van der Waals surface area contributed by atoms with Gasteiger partial charge < -0.3 is 35.7 Å². The molecule has 80 heavy (non-hydrogen) atoms. The molecule has 3 fully saturated rings. The molecule has 3 saturated heterocycles. The molecule has 3 aliphatic rings. The number of likely N-dealkylation sites (tertiary alicyclic amines) is 3. The predicted octanol–water partition coefficient (Wildman–Crippen LogP) is 3.15. The Bertz CT molecular complexity index is 2720. The molecule has 5 heterocycles. The van der Waals surface area contributed by atoms with Crippen LogP contribution in [0.5, 0.6) is 0 Å². The fourth-order valence-corrected chi connectivity index (χ4v) is 8.94. The summed E-state index contributed by atoms with van der Waals surface area (Å²) in [6, 6.07) is 15.8. The number of amides is 8. The molecule has 2 aromatic heterocycles. The number of aldehydes is 1. The summed E-state index contributed by atoms with van der Waals surface area (Å²) in [5, 5.41) is 22.6. The second-order valence-electron chi connectivity index (χ2n) is 18.9. The van der Waals surface area contributed by atoms with Crippen molar-refractivity contribution in [3.05, 3.63) is 84.4 Å². The highest BCUT2D eigenvalue weighted by molar-refractivity contribution is 6.05. The van der Waals surface area contributed by atoms with Gasteiger partial charge in [-0.05, 0) is 101 Å². The summed E-state index contributed by atoms with van der Waals surface area (Å²) in [4.78, 5) is 117. The number of hydrazine groups is 3. The molecule has 0 radical (unpaired) electrons. The third-order valence-electron chi connectivity index (χ3n) is 13.2. The molecule has 0 aliphatic carbocycles. The van der Waals surface area contributed by atoms with Crippen molar-refractivity contribution in [1.29, 1.82) is 0 Å². The first kappa shape index (κ1) is 66.3. The molecule has 10 N–H and O–H groups in total. The van der Waals surface area contributed by atoms with Crippen molar-refractivity contribution in [1.82, 2.24) is 61.5 Å².